The summed E-state index contributed by atoms with van der Waals surface area (Å²) in [6.45, 7) is 0. The van der Waals surface area contributed by atoms with Crippen LogP contribution in [0.25, 0.3) is 0 Å². The van der Waals surface area contributed by atoms with Gasteiger partial charge >= 0.3 is 5.97 Å². The molecule has 0 atom stereocenters. The zero-order chi connectivity index (χ0) is 22.2. The molecule has 31 heavy (non-hydrogen) atoms. The molecule has 0 aliphatic carbocycles. The van der Waals surface area contributed by atoms with Gasteiger partial charge in [0.2, 0.25) is 0 Å². The van der Waals surface area contributed by atoms with Gasteiger partial charge in [0.1, 0.15) is 5.75 Å². The summed E-state index contributed by atoms with van der Waals surface area (Å²) in [5.74, 6) is 0.433. The summed E-state index contributed by atoms with van der Waals surface area (Å²) >= 11 is 5.80. The predicted octanol–water partition coefficient (Wildman–Crippen LogP) is 4.34. The third-order valence-corrected chi connectivity index (χ3v) is 4.45. The van der Waals surface area contributed by atoms with Gasteiger partial charge in [-0.25, -0.2) is 10.2 Å². The van der Waals surface area contributed by atoms with Crippen molar-refractivity contribution >= 4 is 29.7 Å². The van der Waals surface area contributed by atoms with E-state index in [-0.39, 0.29) is 5.91 Å². The zero-order valence-electron chi connectivity index (χ0n) is 16.8. The van der Waals surface area contributed by atoms with Crippen LogP contribution >= 0.6 is 11.6 Å². The third-order valence-electron chi connectivity index (χ3n) is 4.20. The number of esters is 1. The molecule has 8 heteroatoms. The highest BCUT2D eigenvalue weighted by Crippen LogP contribution is 2.28. The van der Waals surface area contributed by atoms with E-state index in [0.717, 1.165) is 0 Å². The second-order valence-electron chi connectivity index (χ2n) is 6.23. The van der Waals surface area contributed by atoms with Crippen LogP contribution in [0, 0.1) is 0 Å². The molecule has 3 aromatic carbocycles. The Morgan fingerprint density at radius 3 is 2.16 bits per heavy atom. The van der Waals surface area contributed by atoms with Crippen molar-refractivity contribution in [1.82, 2.24) is 5.43 Å². The highest BCUT2D eigenvalue weighted by Gasteiger charge is 2.13. The number of ether oxygens (including phenoxy) is 3. The number of carbonyl (C=O) groups excluding carboxylic acids is 2. The van der Waals surface area contributed by atoms with Gasteiger partial charge in [0, 0.05) is 10.6 Å². The lowest BCUT2D eigenvalue weighted by Gasteiger charge is -2.09. The maximum absolute atomic E-state index is 12.4. The topological polar surface area (TPSA) is 86.2 Å². The quantitative estimate of drug-likeness (QED) is 0.256. The number of amides is 1. The SMILES string of the molecule is COc1ccc(C(=O)Oc2ccc(C=NNC(=O)c3ccc(Cl)cc3)cc2)cc1OC. The molecule has 0 aromatic heterocycles. The molecule has 3 aromatic rings. The normalized spacial score (nSPS) is 10.5. The second kappa shape index (κ2) is 10.3. The number of hydrogen-bond acceptors (Lipinski definition) is 6. The first kappa shape index (κ1) is 21.9. The molecule has 0 radical (unpaired) electrons. The van der Waals surface area contributed by atoms with Crippen molar-refractivity contribution in [2.24, 2.45) is 5.10 Å². The van der Waals surface area contributed by atoms with Crippen LogP contribution in [0.4, 0.5) is 0 Å². The molecule has 1 amide bonds. The van der Waals surface area contributed by atoms with Gasteiger partial charge in [-0.2, -0.15) is 5.10 Å². The fourth-order valence-corrected chi connectivity index (χ4v) is 2.71. The van der Waals surface area contributed by atoms with Crippen molar-refractivity contribution in [3.8, 4) is 17.2 Å². The minimum atomic E-state index is -0.530. The lowest BCUT2D eigenvalue weighted by Crippen LogP contribution is -2.17. The lowest BCUT2D eigenvalue weighted by atomic mass is 10.2. The maximum atomic E-state index is 12.4. The summed E-state index contributed by atoms with van der Waals surface area (Å²) in [4.78, 5) is 24.4. The smallest absolute Gasteiger partial charge is 0.343 e. The van der Waals surface area contributed by atoms with Crippen LogP contribution in [0.2, 0.25) is 5.02 Å². The highest BCUT2D eigenvalue weighted by molar-refractivity contribution is 6.30. The van der Waals surface area contributed by atoms with Crippen LogP contribution in [0.3, 0.4) is 0 Å². The third kappa shape index (κ3) is 5.83. The van der Waals surface area contributed by atoms with Crippen molar-refractivity contribution in [3.05, 3.63) is 88.4 Å². The van der Waals surface area contributed by atoms with Gasteiger partial charge < -0.3 is 14.2 Å². The lowest BCUT2D eigenvalue weighted by molar-refractivity contribution is 0.0734. The molecule has 7 nitrogen and oxygen atoms in total. The van der Waals surface area contributed by atoms with Gasteiger partial charge in [0.25, 0.3) is 5.91 Å². The number of nitrogens with one attached hydrogen (secondary N) is 1. The van der Waals surface area contributed by atoms with Gasteiger partial charge in [-0.1, -0.05) is 11.6 Å². The van der Waals surface area contributed by atoms with Gasteiger partial charge in [-0.3, -0.25) is 4.79 Å². The van der Waals surface area contributed by atoms with Crippen molar-refractivity contribution in [2.45, 2.75) is 0 Å². The molecule has 0 aliphatic rings. The number of benzene rings is 3. The first-order chi connectivity index (χ1) is 15.0. The van der Waals surface area contributed by atoms with E-state index < -0.39 is 5.97 Å². The van der Waals surface area contributed by atoms with E-state index in [1.54, 1.807) is 66.7 Å². The molecule has 0 bridgehead atoms. The molecule has 0 saturated carbocycles. The first-order valence-electron chi connectivity index (χ1n) is 9.13. The Bertz CT molecular complexity index is 1100. The molecule has 0 heterocycles. The Kier molecular flexibility index (Phi) is 7.24. The molecule has 0 aliphatic heterocycles. The predicted molar refractivity (Wildman–Crippen MR) is 117 cm³/mol. The fraction of sp³-hybridized carbons (Fsp3) is 0.0870. The molecule has 0 saturated heterocycles. The molecule has 3 rings (SSSR count). The van der Waals surface area contributed by atoms with Gasteiger partial charge in [-0.05, 0) is 72.3 Å². The Labute approximate surface area is 184 Å². The van der Waals surface area contributed by atoms with E-state index in [0.29, 0.717) is 39.0 Å². The standard InChI is InChI=1S/C23H19ClN2O5/c1-29-20-12-7-17(13-21(20)30-2)23(28)31-19-10-3-15(4-11-19)14-25-26-22(27)16-5-8-18(24)9-6-16/h3-14H,1-2H3,(H,26,27). The number of carbonyl (C=O) groups is 2. The van der Waals surface area contributed by atoms with Crippen LogP contribution in [0.5, 0.6) is 17.2 Å². The van der Waals surface area contributed by atoms with E-state index in [4.69, 9.17) is 25.8 Å². The van der Waals surface area contributed by atoms with Crippen molar-refractivity contribution in [3.63, 3.8) is 0 Å². The monoisotopic (exact) mass is 438 g/mol. The van der Waals surface area contributed by atoms with E-state index >= 15 is 0 Å². The van der Waals surface area contributed by atoms with E-state index in [1.807, 2.05) is 0 Å². The van der Waals surface area contributed by atoms with Gasteiger partial charge in [-0.15, -0.1) is 0 Å². The van der Waals surface area contributed by atoms with E-state index in [1.165, 1.54) is 20.4 Å². The fourth-order valence-electron chi connectivity index (χ4n) is 2.58. The van der Waals surface area contributed by atoms with E-state index in [9.17, 15) is 9.59 Å². The molecule has 158 valence electrons. The molecule has 0 fully saturated rings. The minimum absolute atomic E-state index is 0.327. The Morgan fingerprint density at radius 1 is 0.871 bits per heavy atom. The average molecular weight is 439 g/mol. The minimum Gasteiger partial charge on any atom is -0.493 e. The number of hydrogen-bond donors (Lipinski definition) is 1. The molecule has 1 N–H and O–H groups in total. The summed E-state index contributed by atoms with van der Waals surface area (Å²) in [5.41, 5.74) is 3.92. The first-order valence-corrected chi connectivity index (χ1v) is 9.51. The van der Waals surface area contributed by atoms with Crippen LogP contribution in [0.1, 0.15) is 26.3 Å². The molecular formula is C23H19ClN2O5. The van der Waals surface area contributed by atoms with Crippen LogP contribution < -0.4 is 19.6 Å². The highest BCUT2D eigenvalue weighted by atomic mass is 35.5. The number of halogens is 1. The van der Waals surface area contributed by atoms with Crippen LogP contribution in [-0.4, -0.2) is 32.3 Å². The largest absolute Gasteiger partial charge is 0.493 e. The Morgan fingerprint density at radius 2 is 1.52 bits per heavy atom. The van der Waals surface area contributed by atoms with Gasteiger partial charge in [0.05, 0.1) is 26.0 Å². The second-order valence-corrected chi connectivity index (χ2v) is 6.67. The van der Waals surface area contributed by atoms with Crippen molar-refractivity contribution < 1.29 is 23.8 Å². The van der Waals surface area contributed by atoms with Crippen LogP contribution in [-0.2, 0) is 0 Å². The van der Waals surface area contributed by atoms with Crippen molar-refractivity contribution in [2.75, 3.05) is 14.2 Å². The number of hydrazone groups is 1. The number of rotatable bonds is 7. The summed E-state index contributed by atoms with van der Waals surface area (Å²) in [6.07, 6.45) is 1.48. The summed E-state index contributed by atoms with van der Waals surface area (Å²) in [7, 11) is 3.01. The zero-order valence-corrected chi connectivity index (χ0v) is 17.6. The molecular weight excluding hydrogens is 420 g/mol. The van der Waals surface area contributed by atoms with Crippen LogP contribution in [0.15, 0.2) is 71.8 Å². The maximum Gasteiger partial charge on any atom is 0.343 e. The summed E-state index contributed by atoms with van der Waals surface area (Å²) in [6, 6.07) is 17.9. The Balaban J connectivity index is 1.58. The number of nitrogens with zero attached hydrogens (tertiary/aromatic N) is 1. The Hall–Kier alpha value is -3.84. The molecule has 0 unspecified atom stereocenters. The summed E-state index contributed by atoms with van der Waals surface area (Å²) < 4.78 is 15.7. The average Bonchev–Trinajstić information content (AvgIpc) is 2.80. The summed E-state index contributed by atoms with van der Waals surface area (Å²) in [5, 5.41) is 4.47. The van der Waals surface area contributed by atoms with E-state index in [2.05, 4.69) is 10.5 Å². The van der Waals surface area contributed by atoms with Crippen molar-refractivity contribution in [1.29, 1.82) is 0 Å². The number of methoxy groups -OCH3 is 2. The van der Waals surface area contributed by atoms with Gasteiger partial charge in [0.15, 0.2) is 11.5 Å². The molecule has 0 spiro atoms.